The Morgan fingerprint density at radius 1 is 1.24 bits per heavy atom. The van der Waals surface area contributed by atoms with E-state index in [2.05, 4.69) is 0 Å². The summed E-state index contributed by atoms with van der Waals surface area (Å²) in [4.78, 5) is 13.4. The topological polar surface area (TPSA) is 74.7 Å². The highest BCUT2D eigenvalue weighted by Crippen LogP contribution is 2.16. The SMILES string of the molecule is CCCC(CCC)C(=O)N(C)CCS(=O)(=O)O. The van der Waals surface area contributed by atoms with E-state index in [1.807, 2.05) is 13.8 Å². The molecule has 0 rings (SSSR count). The van der Waals surface area contributed by atoms with Gasteiger partial charge in [0.2, 0.25) is 5.91 Å². The first-order valence-corrected chi connectivity index (χ1v) is 7.62. The summed E-state index contributed by atoms with van der Waals surface area (Å²) >= 11 is 0. The zero-order valence-electron chi connectivity index (χ0n) is 10.8. The first-order chi connectivity index (χ1) is 7.81. The van der Waals surface area contributed by atoms with Crippen LogP contribution in [0.15, 0.2) is 0 Å². The van der Waals surface area contributed by atoms with Gasteiger partial charge in [-0.1, -0.05) is 26.7 Å². The molecular weight excluding hydrogens is 242 g/mol. The van der Waals surface area contributed by atoms with E-state index in [0.29, 0.717) is 0 Å². The lowest BCUT2D eigenvalue weighted by Gasteiger charge is -2.22. The molecule has 0 aliphatic heterocycles. The smallest absolute Gasteiger partial charge is 0.266 e. The third-order valence-electron chi connectivity index (χ3n) is 2.68. The summed E-state index contributed by atoms with van der Waals surface area (Å²) in [5.41, 5.74) is 0. The lowest BCUT2D eigenvalue weighted by atomic mass is 9.97. The van der Waals surface area contributed by atoms with E-state index in [1.54, 1.807) is 7.05 Å². The zero-order chi connectivity index (χ0) is 13.5. The van der Waals surface area contributed by atoms with Crippen LogP contribution in [0.2, 0.25) is 0 Å². The van der Waals surface area contributed by atoms with Gasteiger partial charge in [-0.3, -0.25) is 9.35 Å². The maximum absolute atomic E-state index is 12.0. The Kier molecular flexibility index (Phi) is 7.38. The Labute approximate surface area is 104 Å². The van der Waals surface area contributed by atoms with Crippen LogP contribution >= 0.6 is 0 Å². The predicted octanol–water partition coefficient (Wildman–Crippen LogP) is 1.55. The van der Waals surface area contributed by atoms with Crippen molar-refractivity contribution in [3.63, 3.8) is 0 Å². The summed E-state index contributed by atoms with van der Waals surface area (Å²) < 4.78 is 29.8. The highest BCUT2D eigenvalue weighted by molar-refractivity contribution is 7.85. The van der Waals surface area contributed by atoms with Crippen molar-refractivity contribution in [1.29, 1.82) is 0 Å². The first kappa shape index (κ1) is 16.4. The molecule has 0 aromatic heterocycles. The van der Waals surface area contributed by atoms with E-state index in [0.717, 1.165) is 25.7 Å². The lowest BCUT2D eigenvalue weighted by molar-refractivity contribution is -0.134. The van der Waals surface area contributed by atoms with Crippen LogP contribution in [0.1, 0.15) is 39.5 Å². The summed E-state index contributed by atoms with van der Waals surface area (Å²) in [6, 6.07) is 0. The fourth-order valence-electron chi connectivity index (χ4n) is 1.76. The second kappa shape index (κ2) is 7.66. The molecule has 0 aromatic rings. The fourth-order valence-corrected chi connectivity index (χ4v) is 2.27. The first-order valence-electron chi connectivity index (χ1n) is 6.02. The van der Waals surface area contributed by atoms with Gasteiger partial charge in [-0.15, -0.1) is 0 Å². The van der Waals surface area contributed by atoms with Crippen molar-refractivity contribution in [2.75, 3.05) is 19.3 Å². The summed E-state index contributed by atoms with van der Waals surface area (Å²) in [5.74, 6) is -0.464. The molecule has 0 aliphatic carbocycles. The molecule has 0 bridgehead atoms. The molecule has 102 valence electrons. The molecule has 0 heterocycles. The molecule has 0 aromatic carbocycles. The molecule has 17 heavy (non-hydrogen) atoms. The summed E-state index contributed by atoms with van der Waals surface area (Å²) in [7, 11) is -2.42. The maximum atomic E-state index is 12.0. The number of nitrogens with zero attached hydrogens (tertiary/aromatic N) is 1. The second-order valence-corrected chi connectivity index (χ2v) is 5.89. The molecule has 0 unspecified atom stereocenters. The third-order valence-corrected chi connectivity index (χ3v) is 3.38. The van der Waals surface area contributed by atoms with Gasteiger partial charge in [-0.2, -0.15) is 8.42 Å². The highest BCUT2D eigenvalue weighted by atomic mass is 32.2. The number of amides is 1. The molecule has 0 saturated carbocycles. The van der Waals surface area contributed by atoms with Crippen molar-refractivity contribution in [1.82, 2.24) is 4.90 Å². The summed E-state index contributed by atoms with van der Waals surface area (Å²) in [5, 5.41) is 0. The molecule has 0 radical (unpaired) electrons. The van der Waals surface area contributed by atoms with Gasteiger partial charge in [0.1, 0.15) is 0 Å². The molecule has 1 N–H and O–H groups in total. The molecular formula is C11H23NO4S. The fraction of sp³-hybridized carbons (Fsp3) is 0.909. The highest BCUT2D eigenvalue weighted by Gasteiger charge is 2.21. The minimum atomic E-state index is -4.00. The van der Waals surface area contributed by atoms with Crippen LogP contribution < -0.4 is 0 Å². The summed E-state index contributed by atoms with van der Waals surface area (Å²) in [6.07, 6.45) is 3.51. The van der Waals surface area contributed by atoms with Crippen LogP contribution in [0.3, 0.4) is 0 Å². The molecule has 0 aliphatic rings. The normalized spacial score (nSPS) is 11.8. The number of hydrogen-bond donors (Lipinski definition) is 1. The van der Waals surface area contributed by atoms with Gasteiger partial charge < -0.3 is 4.90 Å². The van der Waals surface area contributed by atoms with Gasteiger partial charge in [0, 0.05) is 19.5 Å². The van der Waals surface area contributed by atoms with E-state index < -0.39 is 15.9 Å². The van der Waals surface area contributed by atoms with E-state index in [9.17, 15) is 13.2 Å². The molecule has 0 saturated heterocycles. The molecule has 0 fully saturated rings. The van der Waals surface area contributed by atoms with Gasteiger partial charge in [0.05, 0.1) is 5.75 Å². The van der Waals surface area contributed by atoms with Crippen molar-refractivity contribution in [2.45, 2.75) is 39.5 Å². The van der Waals surface area contributed by atoms with E-state index in [-0.39, 0.29) is 18.4 Å². The van der Waals surface area contributed by atoms with E-state index in [1.165, 1.54) is 4.90 Å². The van der Waals surface area contributed by atoms with Crippen molar-refractivity contribution >= 4 is 16.0 Å². The van der Waals surface area contributed by atoms with Crippen molar-refractivity contribution in [2.24, 2.45) is 5.92 Å². The monoisotopic (exact) mass is 265 g/mol. The largest absolute Gasteiger partial charge is 0.344 e. The van der Waals surface area contributed by atoms with Crippen LogP contribution in [0, 0.1) is 5.92 Å². The van der Waals surface area contributed by atoms with Gasteiger partial charge in [-0.05, 0) is 12.8 Å². The Bertz CT molecular complexity index is 320. The molecule has 6 heteroatoms. The van der Waals surface area contributed by atoms with Crippen molar-refractivity contribution in [3.8, 4) is 0 Å². The summed E-state index contributed by atoms with van der Waals surface area (Å²) in [6.45, 7) is 4.09. The molecule has 0 spiro atoms. The third kappa shape index (κ3) is 7.33. The van der Waals surface area contributed by atoms with E-state index >= 15 is 0 Å². The second-order valence-electron chi connectivity index (χ2n) is 4.32. The molecule has 1 amide bonds. The maximum Gasteiger partial charge on any atom is 0.266 e. The molecule has 5 nitrogen and oxygen atoms in total. The van der Waals surface area contributed by atoms with Gasteiger partial charge >= 0.3 is 0 Å². The predicted molar refractivity (Wildman–Crippen MR) is 67.4 cm³/mol. The number of rotatable bonds is 8. The minimum absolute atomic E-state index is 0.0302. The quantitative estimate of drug-likeness (QED) is 0.676. The minimum Gasteiger partial charge on any atom is -0.344 e. The van der Waals surface area contributed by atoms with Crippen LogP contribution in [0.25, 0.3) is 0 Å². The van der Waals surface area contributed by atoms with Crippen LogP contribution in [0.4, 0.5) is 0 Å². The Balaban J connectivity index is 4.34. The number of carbonyl (C=O) groups excluding carboxylic acids is 1. The zero-order valence-corrected chi connectivity index (χ0v) is 11.7. The van der Waals surface area contributed by atoms with Gasteiger partial charge in [0.25, 0.3) is 10.1 Å². The van der Waals surface area contributed by atoms with Crippen LogP contribution in [-0.4, -0.2) is 43.1 Å². The average Bonchev–Trinajstić information content (AvgIpc) is 2.23. The lowest BCUT2D eigenvalue weighted by Crippen LogP contribution is -2.36. The number of carbonyl (C=O) groups is 1. The average molecular weight is 265 g/mol. The number of hydrogen-bond acceptors (Lipinski definition) is 3. The molecule has 0 atom stereocenters. The Morgan fingerprint density at radius 2 is 1.71 bits per heavy atom. The van der Waals surface area contributed by atoms with Crippen LogP contribution in [-0.2, 0) is 14.9 Å². The van der Waals surface area contributed by atoms with Crippen LogP contribution in [0.5, 0.6) is 0 Å². The Morgan fingerprint density at radius 3 is 2.06 bits per heavy atom. The standard InChI is InChI=1S/C11H23NO4S/c1-4-6-10(7-5-2)11(13)12(3)8-9-17(14,15)16/h10H,4-9H2,1-3H3,(H,14,15,16). The van der Waals surface area contributed by atoms with Gasteiger partial charge in [0.15, 0.2) is 0 Å². The van der Waals surface area contributed by atoms with Gasteiger partial charge in [-0.25, -0.2) is 0 Å². The Hall–Kier alpha value is -0.620. The van der Waals surface area contributed by atoms with Crippen molar-refractivity contribution in [3.05, 3.63) is 0 Å². The van der Waals surface area contributed by atoms with E-state index in [4.69, 9.17) is 4.55 Å². The van der Waals surface area contributed by atoms with Crippen molar-refractivity contribution < 1.29 is 17.8 Å².